The fraction of sp³-hybridized carbons (Fsp3) is 0.545. The fourth-order valence-corrected chi connectivity index (χ4v) is 3.25. The third-order valence-electron chi connectivity index (χ3n) is 2.52. The molecule has 4 heteroatoms. The van der Waals surface area contributed by atoms with Crippen LogP contribution in [-0.2, 0) is 4.74 Å². The number of hydrogen-bond acceptors (Lipinski definition) is 3. The molecule has 0 radical (unpaired) electrons. The van der Waals surface area contributed by atoms with E-state index in [2.05, 4.69) is 20.9 Å². The smallest absolute Gasteiger partial charge is 0.110 e. The standard InChI is InChI=1S/C11H14BrNOS/c12-10-2-1-5-13-11(10)15-8-9-3-6-14-7-4-9/h1-2,5,9H,3-4,6-8H2. The number of nitrogens with zero attached hydrogens (tertiary/aromatic N) is 1. The first-order valence-corrected chi connectivity index (χ1v) is 6.95. The van der Waals surface area contributed by atoms with Crippen LogP contribution < -0.4 is 0 Å². The van der Waals surface area contributed by atoms with Crippen LogP contribution in [0.4, 0.5) is 0 Å². The monoisotopic (exact) mass is 287 g/mol. The molecule has 0 bridgehead atoms. The van der Waals surface area contributed by atoms with E-state index in [1.165, 1.54) is 12.8 Å². The molecular formula is C11H14BrNOS. The number of aromatic nitrogens is 1. The van der Waals surface area contributed by atoms with Gasteiger partial charge in [-0.3, -0.25) is 0 Å². The van der Waals surface area contributed by atoms with Crippen LogP contribution in [-0.4, -0.2) is 24.0 Å². The van der Waals surface area contributed by atoms with Gasteiger partial charge >= 0.3 is 0 Å². The number of ether oxygens (including phenoxy) is 1. The molecule has 0 N–H and O–H groups in total. The third kappa shape index (κ3) is 3.47. The van der Waals surface area contributed by atoms with E-state index in [-0.39, 0.29) is 0 Å². The number of hydrogen-bond donors (Lipinski definition) is 0. The van der Waals surface area contributed by atoms with Crippen molar-refractivity contribution >= 4 is 27.7 Å². The number of rotatable bonds is 3. The molecule has 0 saturated carbocycles. The van der Waals surface area contributed by atoms with Gasteiger partial charge in [0.25, 0.3) is 0 Å². The lowest BCUT2D eigenvalue weighted by molar-refractivity contribution is 0.0728. The molecule has 0 atom stereocenters. The van der Waals surface area contributed by atoms with Crippen LogP contribution >= 0.6 is 27.7 Å². The second-order valence-corrected chi connectivity index (χ2v) is 5.52. The maximum absolute atomic E-state index is 5.34. The van der Waals surface area contributed by atoms with Crippen molar-refractivity contribution < 1.29 is 4.74 Å². The Bertz CT molecular complexity index is 315. The lowest BCUT2D eigenvalue weighted by atomic mass is 10.0. The minimum Gasteiger partial charge on any atom is -0.381 e. The predicted molar refractivity (Wildman–Crippen MR) is 66.2 cm³/mol. The molecule has 0 aromatic carbocycles. The normalized spacial score (nSPS) is 17.9. The summed E-state index contributed by atoms with van der Waals surface area (Å²) in [4.78, 5) is 4.35. The maximum Gasteiger partial charge on any atom is 0.110 e. The van der Waals surface area contributed by atoms with Gasteiger partial charge < -0.3 is 4.74 Å². The van der Waals surface area contributed by atoms with Crippen LogP contribution in [0.3, 0.4) is 0 Å². The van der Waals surface area contributed by atoms with Crippen molar-refractivity contribution in [3.8, 4) is 0 Å². The van der Waals surface area contributed by atoms with Crippen LogP contribution in [0.5, 0.6) is 0 Å². The van der Waals surface area contributed by atoms with E-state index in [4.69, 9.17) is 4.74 Å². The first kappa shape index (κ1) is 11.4. The Labute approximate surface area is 103 Å². The molecule has 1 aliphatic heterocycles. The van der Waals surface area contributed by atoms with Gasteiger partial charge in [-0.1, -0.05) is 0 Å². The summed E-state index contributed by atoms with van der Waals surface area (Å²) in [5.74, 6) is 1.94. The quantitative estimate of drug-likeness (QED) is 0.796. The third-order valence-corrected chi connectivity index (χ3v) is 4.66. The van der Waals surface area contributed by atoms with Gasteiger partial charge in [0.15, 0.2) is 0 Å². The highest BCUT2D eigenvalue weighted by molar-refractivity contribution is 9.10. The largest absolute Gasteiger partial charge is 0.381 e. The van der Waals surface area contributed by atoms with Crippen molar-refractivity contribution in [3.05, 3.63) is 22.8 Å². The van der Waals surface area contributed by atoms with Gasteiger partial charge in [-0.25, -0.2) is 4.98 Å². The second kappa shape index (κ2) is 5.87. The molecule has 1 fully saturated rings. The molecule has 0 amide bonds. The van der Waals surface area contributed by atoms with Crippen molar-refractivity contribution in [2.45, 2.75) is 17.9 Å². The summed E-state index contributed by atoms with van der Waals surface area (Å²) in [7, 11) is 0. The van der Waals surface area contributed by atoms with Crippen LogP contribution in [0.15, 0.2) is 27.8 Å². The van der Waals surface area contributed by atoms with Crippen molar-refractivity contribution in [2.75, 3.05) is 19.0 Å². The molecule has 82 valence electrons. The minimum absolute atomic E-state index is 0.789. The van der Waals surface area contributed by atoms with Gasteiger partial charge in [0.05, 0.1) is 0 Å². The molecule has 0 aliphatic carbocycles. The second-order valence-electron chi connectivity index (χ2n) is 3.66. The molecule has 2 heterocycles. The van der Waals surface area contributed by atoms with E-state index in [9.17, 15) is 0 Å². The Morgan fingerprint density at radius 3 is 3.00 bits per heavy atom. The van der Waals surface area contributed by atoms with Crippen LogP contribution in [0.25, 0.3) is 0 Å². The number of thioether (sulfide) groups is 1. The van der Waals surface area contributed by atoms with E-state index >= 15 is 0 Å². The fourth-order valence-electron chi connectivity index (χ4n) is 1.59. The Balaban J connectivity index is 1.84. The highest BCUT2D eigenvalue weighted by Crippen LogP contribution is 2.28. The zero-order valence-electron chi connectivity index (χ0n) is 8.49. The molecule has 1 aliphatic rings. The van der Waals surface area contributed by atoms with E-state index < -0.39 is 0 Å². The van der Waals surface area contributed by atoms with Crippen molar-refractivity contribution in [1.82, 2.24) is 4.98 Å². The van der Waals surface area contributed by atoms with E-state index in [0.29, 0.717) is 0 Å². The molecule has 1 saturated heterocycles. The summed E-state index contributed by atoms with van der Waals surface area (Å²) in [5.41, 5.74) is 0. The Kier molecular flexibility index (Phi) is 4.47. The number of halogens is 1. The Morgan fingerprint density at radius 1 is 1.47 bits per heavy atom. The van der Waals surface area contributed by atoms with Crippen molar-refractivity contribution in [1.29, 1.82) is 0 Å². The molecule has 1 aromatic heterocycles. The molecule has 0 unspecified atom stereocenters. The molecule has 15 heavy (non-hydrogen) atoms. The number of pyridine rings is 1. The molecule has 0 spiro atoms. The predicted octanol–water partition coefficient (Wildman–Crippen LogP) is 3.36. The van der Waals surface area contributed by atoms with Crippen molar-refractivity contribution in [2.24, 2.45) is 5.92 Å². The van der Waals surface area contributed by atoms with Gasteiger partial charge in [-0.15, -0.1) is 11.8 Å². The molecule has 2 rings (SSSR count). The summed E-state index contributed by atoms with van der Waals surface area (Å²) >= 11 is 5.35. The zero-order valence-corrected chi connectivity index (χ0v) is 10.9. The minimum atomic E-state index is 0.789. The molecule has 1 aromatic rings. The van der Waals surface area contributed by atoms with E-state index in [1.807, 2.05) is 30.1 Å². The van der Waals surface area contributed by atoms with Gasteiger partial charge in [-0.05, 0) is 46.8 Å². The molecular weight excluding hydrogens is 274 g/mol. The van der Waals surface area contributed by atoms with Crippen molar-refractivity contribution in [3.63, 3.8) is 0 Å². The average Bonchev–Trinajstić information content (AvgIpc) is 2.29. The summed E-state index contributed by atoms with van der Waals surface area (Å²) in [6.07, 6.45) is 4.23. The highest BCUT2D eigenvalue weighted by atomic mass is 79.9. The van der Waals surface area contributed by atoms with Crippen LogP contribution in [0, 0.1) is 5.92 Å². The Morgan fingerprint density at radius 2 is 2.27 bits per heavy atom. The lowest BCUT2D eigenvalue weighted by Crippen LogP contribution is -2.17. The van der Waals surface area contributed by atoms with E-state index in [1.54, 1.807) is 0 Å². The zero-order chi connectivity index (χ0) is 10.5. The van der Waals surface area contributed by atoms with Gasteiger partial charge in [0.2, 0.25) is 0 Å². The van der Waals surface area contributed by atoms with E-state index in [0.717, 1.165) is 34.4 Å². The molecule has 2 nitrogen and oxygen atoms in total. The average molecular weight is 288 g/mol. The summed E-state index contributed by atoms with van der Waals surface area (Å²) in [6, 6.07) is 3.99. The summed E-state index contributed by atoms with van der Waals surface area (Å²) in [6.45, 7) is 1.85. The van der Waals surface area contributed by atoms with Crippen LogP contribution in [0.2, 0.25) is 0 Å². The highest BCUT2D eigenvalue weighted by Gasteiger charge is 2.14. The summed E-state index contributed by atoms with van der Waals surface area (Å²) < 4.78 is 6.44. The van der Waals surface area contributed by atoms with Gasteiger partial charge in [-0.2, -0.15) is 0 Å². The SMILES string of the molecule is Brc1cccnc1SCC1CCOCC1. The first-order valence-electron chi connectivity index (χ1n) is 5.17. The lowest BCUT2D eigenvalue weighted by Gasteiger charge is -2.21. The topological polar surface area (TPSA) is 22.1 Å². The first-order chi connectivity index (χ1) is 7.36. The maximum atomic E-state index is 5.34. The van der Waals surface area contributed by atoms with Gasteiger partial charge in [0.1, 0.15) is 5.03 Å². The van der Waals surface area contributed by atoms with Gasteiger partial charge in [0, 0.05) is 29.6 Å². The van der Waals surface area contributed by atoms with Crippen LogP contribution in [0.1, 0.15) is 12.8 Å². The summed E-state index contributed by atoms with van der Waals surface area (Å²) in [5, 5.41) is 1.10. The Hall–Kier alpha value is -0.0600.